The number of guanidine groups is 1. The number of benzene rings is 1. The zero-order chi connectivity index (χ0) is 13.7. The van der Waals surface area contributed by atoms with E-state index in [4.69, 9.17) is 16.3 Å². The highest BCUT2D eigenvalue weighted by Gasteiger charge is 2.22. The second kappa shape index (κ2) is 8.56. The maximum atomic E-state index is 5.94. The molecule has 0 heterocycles. The number of aliphatic imine (C=N–C) groups is 1. The molecule has 1 aromatic carbocycles. The van der Waals surface area contributed by atoms with E-state index in [9.17, 15) is 0 Å². The van der Waals surface area contributed by atoms with Crippen molar-refractivity contribution in [3.63, 3.8) is 0 Å². The number of nitrogens with zero attached hydrogens (tertiary/aromatic N) is 1. The largest absolute Gasteiger partial charge is 0.496 e. The van der Waals surface area contributed by atoms with Gasteiger partial charge in [0.25, 0.3) is 0 Å². The van der Waals surface area contributed by atoms with Gasteiger partial charge in [0, 0.05) is 23.2 Å². The first-order valence-corrected chi connectivity index (χ1v) is 6.98. The minimum atomic E-state index is 0. The van der Waals surface area contributed by atoms with E-state index in [1.165, 1.54) is 12.8 Å². The van der Waals surface area contributed by atoms with Crippen molar-refractivity contribution in [2.45, 2.75) is 32.4 Å². The molecule has 20 heavy (non-hydrogen) atoms. The molecule has 0 saturated heterocycles. The number of rotatable bonds is 5. The van der Waals surface area contributed by atoms with Gasteiger partial charge in [-0.15, -0.1) is 24.0 Å². The van der Waals surface area contributed by atoms with Crippen molar-refractivity contribution in [2.24, 2.45) is 4.99 Å². The monoisotopic (exact) mass is 409 g/mol. The van der Waals surface area contributed by atoms with E-state index >= 15 is 0 Å². The van der Waals surface area contributed by atoms with Crippen LogP contribution in [0.3, 0.4) is 0 Å². The summed E-state index contributed by atoms with van der Waals surface area (Å²) in [5.41, 5.74) is 1.03. The topological polar surface area (TPSA) is 45.7 Å². The number of hydrogen-bond acceptors (Lipinski definition) is 2. The highest BCUT2D eigenvalue weighted by Crippen LogP contribution is 2.24. The molecule has 0 aliphatic heterocycles. The van der Waals surface area contributed by atoms with Crippen LogP contribution in [-0.2, 0) is 6.54 Å². The molecule has 2 N–H and O–H groups in total. The van der Waals surface area contributed by atoms with E-state index in [0.717, 1.165) is 23.8 Å². The van der Waals surface area contributed by atoms with Gasteiger partial charge >= 0.3 is 0 Å². The number of nitrogens with one attached hydrogen (secondary N) is 2. The fraction of sp³-hybridized carbons (Fsp3) is 0.500. The molecule has 4 nitrogen and oxygen atoms in total. The standard InChI is InChI=1S/C14H20ClN3O.HI/c1-3-16-14(18-12-6-7-12)17-9-10-4-5-11(15)8-13(10)19-2;/h4-5,8,12H,3,6-7,9H2,1-2H3,(H2,16,17,18);1H. The predicted molar refractivity (Wildman–Crippen MR) is 94.4 cm³/mol. The van der Waals surface area contributed by atoms with Gasteiger partial charge in [-0.05, 0) is 31.9 Å². The van der Waals surface area contributed by atoms with Crippen LogP contribution in [0, 0.1) is 0 Å². The van der Waals surface area contributed by atoms with Crippen molar-refractivity contribution in [3.8, 4) is 5.75 Å². The van der Waals surface area contributed by atoms with E-state index in [1.807, 2.05) is 18.2 Å². The van der Waals surface area contributed by atoms with Crippen LogP contribution < -0.4 is 15.4 Å². The first-order chi connectivity index (χ1) is 9.22. The summed E-state index contributed by atoms with van der Waals surface area (Å²) in [6.45, 7) is 3.49. The van der Waals surface area contributed by atoms with Gasteiger partial charge in [-0.2, -0.15) is 0 Å². The molecule has 1 aliphatic carbocycles. The van der Waals surface area contributed by atoms with Crippen molar-refractivity contribution in [1.82, 2.24) is 10.6 Å². The highest BCUT2D eigenvalue weighted by molar-refractivity contribution is 14.0. The molecule has 0 unspecified atom stereocenters. The van der Waals surface area contributed by atoms with Gasteiger partial charge in [-0.25, -0.2) is 4.99 Å². The lowest BCUT2D eigenvalue weighted by Crippen LogP contribution is -2.38. The van der Waals surface area contributed by atoms with Gasteiger partial charge in [-0.3, -0.25) is 0 Å². The molecule has 6 heteroatoms. The van der Waals surface area contributed by atoms with Crippen LogP contribution in [0.2, 0.25) is 5.02 Å². The molecule has 0 bridgehead atoms. The molecule has 112 valence electrons. The average Bonchev–Trinajstić information content (AvgIpc) is 3.21. The zero-order valence-electron chi connectivity index (χ0n) is 11.8. The van der Waals surface area contributed by atoms with Gasteiger partial charge < -0.3 is 15.4 Å². The summed E-state index contributed by atoms with van der Waals surface area (Å²) in [7, 11) is 1.65. The van der Waals surface area contributed by atoms with Crippen molar-refractivity contribution >= 4 is 41.5 Å². The van der Waals surface area contributed by atoms with Crippen LogP contribution in [0.15, 0.2) is 23.2 Å². The fourth-order valence-corrected chi connectivity index (χ4v) is 1.92. The summed E-state index contributed by atoms with van der Waals surface area (Å²) in [4.78, 5) is 4.57. The third kappa shape index (κ3) is 5.36. The zero-order valence-corrected chi connectivity index (χ0v) is 14.9. The Labute approximate surface area is 142 Å². The van der Waals surface area contributed by atoms with Crippen LogP contribution in [-0.4, -0.2) is 25.7 Å². The van der Waals surface area contributed by atoms with Crippen LogP contribution >= 0.6 is 35.6 Å². The highest BCUT2D eigenvalue weighted by atomic mass is 127. The molecule has 1 aromatic rings. The average molecular weight is 410 g/mol. The van der Waals surface area contributed by atoms with E-state index in [2.05, 4.69) is 22.5 Å². The van der Waals surface area contributed by atoms with Crippen LogP contribution in [0.25, 0.3) is 0 Å². The van der Waals surface area contributed by atoms with Crippen molar-refractivity contribution < 1.29 is 4.74 Å². The molecule has 1 saturated carbocycles. The minimum Gasteiger partial charge on any atom is -0.496 e. The summed E-state index contributed by atoms with van der Waals surface area (Å²) in [6, 6.07) is 6.21. The lowest BCUT2D eigenvalue weighted by molar-refractivity contribution is 0.410. The van der Waals surface area contributed by atoms with Crippen LogP contribution in [0.4, 0.5) is 0 Å². The van der Waals surface area contributed by atoms with E-state index in [0.29, 0.717) is 17.6 Å². The first-order valence-electron chi connectivity index (χ1n) is 6.60. The lowest BCUT2D eigenvalue weighted by Gasteiger charge is -2.11. The normalized spacial score (nSPS) is 14.4. The van der Waals surface area contributed by atoms with E-state index < -0.39 is 0 Å². The number of hydrogen-bond donors (Lipinski definition) is 2. The summed E-state index contributed by atoms with van der Waals surface area (Å²) >= 11 is 5.94. The Bertz CT molecular complexity index is 464. The molecule has 0 radical (unpaired) electrons. The number of methoxy groups -OCH3 is 1. The Balaban J connectivity index is 0.00000200. The minimum absolute atomic E-state index is 0. The van der Waals surface area contributed by atoms with Gasteiger partial charge in [0.2, 0.25) is 0 Å². The summed E-state index contributed by atoms with van der Waals surface area (Å²) in [5.74, 6) is 1.64. The van der Waals surface area contributed by atoms with Crippen LogP contribution in [0.1, 0.15) is 25.3 Å². The Morgan fingerprint density at radius 3 is 2.80 bits per heavy atom. The Morgan fingerprint density at radius 2 is 2.20 bits per heavy atom. The van der Waals surface area contributed by atoms with Gasteiger partial charge in [0.05, 0.1) is 13.7 Å². The second-order valence-corrected chi connectivity index (χ2v) is 5.01. The molecular weight excluding hydrogens is 389 g/mol. The van der Waals surface area contributed by atoms with E-state index in [-0.39, 0.29) is 24.0 Å². The summed E-state index contributed by atoms with van der Waals surface area (Å²) in [5, 5.41) is 7.30. The number of halogens is 2. The smallest absolute Gasteiger partial charge is 0.191 e. The predicted octanol–water partition coefficient (Wildman–Crippen LogP) is 3.18. The van der Waals surface area contributed by atoms with Gasteiger partial charge in [0.1, 0.15) is 5.75 Å². The second-order valence-electron chi connectivity index (χ2n) is 4.57. The van der Waals surface area contributed by atoms with E-state index in [1.54, 1.807) is 7.11 Å². The Hall–Kier alpha value is -0.690. The summed E-state index contributed by atoms with van der Waals surface area (Å²) < 4.78 is 5.32. The molecular formula is C14H21ClIN3O. The van der Waals surface area contributed by atoms with Crippen molar-refractivity contribution in [2.75, 3.05) is 13.7 Å². The van der Waals surface area contributed by atoms with Crippen molar-refractivity contribution in [3.05, 3.63) is 28.8 Å². The molecule has 0 aromatic heterocycles. The molecule has 2 rings (SSSR count). The van der Waals surface area contributed by atoms with Crippen molar-refractivity contribution in [1.29, 1.82) is 0 Å². The first kappa shape index (κ1) is 17.4. The SMILES string of the molecule is CCNC(=NCc1ccc(Cl)cc1OC)NC1CC1.I. The number of ether oxygens (including phenoxy) is 1. The molecule has 0 atom stereocenters. The van der Waals surface area contributed by atoms with Gasteiger partial charge in [-0.1, -0.05) is 17.7 Å². The fourth-order valence-electron chi connectivity index (χ4n) is 1.75. The third-order valence-electron chi connectivity index (χ3n) is 2.92. The Kier molecular flexibility index (Phi) is 7.43. The maximum absolute atomic E-state index is 5.94. The molecule has 1 aliphatic rings. The summed E-state index contributed by atoms with van der Waals surface area (Å²) in [6.07, 6.45) is 2.46. The third-order valence-corrected chi connectivity index (χ3v) is 3.15. The molecule has 0 amide bonds. The maximum Gasteiger partial charge on any atom is 0.191 e. The quantitative estimate of drug-likeness (QED) is 0.446. The van der Waals surface area contributed by atoms with Gasteiger partial charge in [0.15, 0.2) is 5.96 Å². The molecule has 0 spiro atoms. The lowest BCUT2D eigenvalue weighted by atomic mass is 10.2. The van der Waals surface area contributed by atoms with Crippen LogP contribution in [0.5, 0.6) is 5.75 Å². The Morgan fingerprint density at radius 1 is 1.45 bits per heavy atom. The molecule has 1 fully saturated rings.